The fraction of sp³-hybridized carbons (Fsp3) is 0.318. The summed E-state index contributed by atoms with van der Waals surface area (Å²) in [5.74, 6) is -0.636. The summed E-state index contributed by atoms with van der Waals surface area (Å²) in [5.41, 5.74) is 4.18. The largest absolute Gasteiger partial charge is 0.423 e. The van der Waals surface area contributed by atoms with E-state index >= 15 is 0 Å². The Morgan fingerprint density at radius 3 is 1.67 bits per heavy atom. The van der Waals surface area contributed by atoms with Gasteiger partial charge in [0.15, 0.2) is 0 Å². The first-order valence-corrected chi connectivity index (χ1v) is 18.1. The number of rotatable bonds is 8. The summed E-state index contributed by atoms with van der Waals surface area (Å²) in [4.78, 5) is 76.2. The van der Waals surface area contributed by atoms with Crippen LogP contribution in [0.5, 0.6) is 11.5 Å². The van der Waals surface area contributed by atoms with Crippen LogP contribution in [-0.2, 0) is 15.6 Å². The van der Waals surface area contributed by atoms with Crippen LogP contribution in [0.4, 0.5) is 0 Å². The Hall–Kier alpha value is -5.90. The Kier molecular flexibility index (Phi) is 9.33. The Balaban J connectivity index is 0.978. The van der Waals surface area contributed by atoms with Crippen molar-refractivity contribution in [3.8, 4) is 11.5 Å². The van der Waals surface area contributed by atoms with Crippen LogP contribution < -0.4 is 9.47 Å². The van der Waals surface area contributed by atoms with Gasteiger partial charge in [-0.25, -0.2) is 9.59 Å². The van der Waals surface area contributed by atoms with Gasteiger partial charge in [0.2, 0.25) is 6.41 Å². The third kappa shape index (κ3) is 6.72. The molecule has 2 fully saturated rings. The molecule has 276 valence electrons. The van der Waals surface area contributed by atoms with E-state index in [1.165, 1.54) is 55.9 Å². The predicted octanol–water partition coefficient (Wildman–Crippen LogP) is 7.31. The zero-order chi connectivity index (χ0) is 38.5. The molecular weight excluding hydrogens is 684 g/mol. The van der Waals surface area contributed by atoms with E-state index in [-0.39, 0.29) is 44.6 Å². The number of hydrogen-bond acceptors (Lipinski definition) is 8. The molecule has 4 amide bonds. The van der Waals surface area contributed by atoms with Crippen molar-refractivity contribution in [1.82, 2.24) is 9.80 Å². The number of carbonyl (C=O) groups excluding carboxylic acids is 6. The van der Waals surface area contributed by atoms with Gasteiger partial charge < -0.3 is 9.47 Å². The molecule has 0 radical (unpaired) electrons. The zero-order valence-electron chi connectivity index (χ0n) is 31.0. The molecule has 0 N–H and O–H groups in total. The lowest BCUT2D eigenvalue weighted by Crippen LogP contribution is -2.44. The quantitative estimate of drug-likeness (QED) is 0.0801. The molecule has 2 atom stereocenters. The number of esters is 2. The molecule has 2 saturated carbocycles. The summed E-state index contributed by atoms with van der Waals surface area (Å²) < 4.78 is 11.3. The van der Waals surface area contributed by atoms with Gasteiger partial charge in [-0.2, -0.15) is 0 Å². The van der Waals surface area contributed by atoms with E-state index in [1.807, 2.05) is 48.5 Å². The number of carbonyl (C=O) groups is 6. The Morgan fingerprint density at radius 1 is 0.704 bits per heavy atom. The Morgan fingerprint density at radius 2 is 1.17 bits per heavy atom. The van der Waals surface area contributed by atoms with Gasteiger partial charge in [0.25, 0.3) is 17.7 Å². The number of benzene rings is 4. The third-order valence-electron chi connectivity index (χ3n) is 11.7. The number of imide groups is 2. The summed E-state index contributed by atoms with van der Waals surface area (Å²) in [7, 11) is 2.79. The van der Waals surface area contributed by atoms with Crippen molar-refractivity contribution in [2.24, 2.45) is 11.8 Å². The van der Waals surface area contributed by atoms with Crippen LogP contribution in [0.1, 0.15) is 114 Å². The third-order valence-corrected chi connectivity index (χ3v) is 11.7. The minimum absolute atomic E-state index is 0.0302. The minimum atomic E-state index is -0.595. The lowest BCUT2D eigenvalue weighted by Gasteiger charge is -2.52. The molecule has 1 aliphatic heterocycles. The highest BCUT2D eigenvalue weighted by atomic mass is 16.5. The zero-order valence-corrected chi connectivity index (χ0v) is 31.0. The lowest BCUT2D eigenvalue weighted by molar-refractivity contribution is -0.115. The first-order valence-electron chi connectivity index (χ1n) is 18.1. The molecule has 3 aliphatic rings. The summed E-state index contributed by atoms with van der Waals surface area (Å²) in [6.45, 7) is 6.40. The number of aryl methyl sites for hydroxylation is 1. The molecule has 0 spiro atoms. The number of amides is 4. The standard InChI is InChI=1S/C44H42N2O8/c1-26-6-7-29(19-36(26)38(48)45(4)25-47)41(51)53-33-13-9-31(10-14-33)43(2)21-27-18-28(22-43)24-44(3,23-27)32-11-15-34(16-12-32)54-42(52)30-8-17-35-37(20-30)40(50)46(5)39(35)49/h6-17,19-20,25,27-28H,18,21-24H2,1-5H3. The van der Waals surface area contributed by atoms with Crippen LogP contribution >= 0.6 is 0 Å². The smallest absolute Gasteiger partial charge is 0.343 e. The first-order chi connectivity index (χ1) is 25.7. The van der Waals surface area contributed by atoms with Crippen molar-refractivity contribution in [2.75, 3.05) is 14.1 Å². The van der Waals surface area contributed by atoms with Crippen LogP contribution in [0.2, 0.25) is 0 Å². The van der Waals surface area contributed by atoms with Gasteiger partial charge in [0.05, 0.1) is 22.3 Å². The maximum atomic E-state index is 13.0. The van der Waals surface area contributed by atoms with Gasteiger partial charge in [-0.15, -0.1) is 0 Å². The highest BCUT2D eigenvalue weighted by Gasteiger charge is 2.47. The van der Waals surface area contributed by atoms with Gasteiger partial charge in [-0.05, 0) is 133 Å². The molecule has 2 bridgehead atoms. The summed E-state index contributed by atoms with van der Waals surface area (Å²) in [6.07, 6.45) is 5.76. The highest BCUT2D eigenvalue weighted by Crippen LogP contribution is 2.55. The van der Waals surface area contributed by atoms with Crippen LogP contribution in [0, 0.1) is 18.8 Å². The number of nitrogens with zero attached hydrogens (tertiary/aromatic N) is 2. The van der Waals surface area contributed by atoms with Crippen LogP contribution in [0.3, 0.4) is 0 Å². The fourth-order valence-electron chi connectivity index (χ4n) is 9.02. The second-order valence-electron chi connectivity index (χ2n) is 15.7. The Labute approximate surface area is 314 Å². The molecule has 0 saturated heterocycles. The molecule has 1 heterocycles. The van der Waals surface area contributed by atoms with Crippen molar-refractivity contribution in [3.63, 3.8) is 0 Å². The highest BCUT2D eigenvalue weighted by molar-refractivity contribution is 6.21. The van der Waals surface area contributed by atoms with Crippen LogP contribution in [0.15, 0.2) is 84.9 Å². The second kappa shape index (κ2) is 13.8. The van der Waals surface area contributed by atoms with E-state index in [4.69, 9.17) is 9.47 Å². The number of ether oxygens (including phenoxy) is 2. The lowest BCUT2D eigenvalue weighted by atomic mass is 9.53. The van der Waals surface area contributed by atoms with Crippen molar-refractivity contribution >= 4 is 36.1 Å². The Bertz CT molecular complexity index is 2190. The van der Waals surface area contributed by atoms with E-state index in [9.17, 15) is 28.8 Å². The molecule has 0 aromatic heterocycles. The maximum Gasteiger partial charge on any atom is 0.343 e. The van der Waals surface area contributed by atoms with E-state index in [0.29, 0.717) is 35.3 Å². The minimum Gasteiger partial charge on any atom is -0.423 e. The second-order valence-corrected chi connectivity index (χ2v) is 15.7. The average Bonchev–Trinajstić information content (AvgIpc) is 3.37. The van der Waals surface area contributed by atoms with Crippen molar-refractivity contribution in [1.29, 1.82) is 0 Å². The summed E-state index contributed by atoms with van der Waals surface area (Å²) in [5, 5.41) is 0. The predicted molar refractivity (Wildman–Crippen MR) is 200 cm³/mol. The molecule has 4 aromatic carbocycles. The van der Waals surface area contributed by atoms with E-state index in [1.54, 1.807) is 19.1 Å². The molecule has 10 nitrogen and oxygen atoms in total. The van der Waals surface area contributed by atoms with Crippen LogP contribution in [0.25, 0.3) is 0 Å². The summed E-state index contributed by atoms with van der Waals surface area (Å²) >= 11 is 0. The van der Waals surface area contributed by atoms with Gasteiger partial charge in [-0.3, -0.25) is 29.0 Å². The van der Waals surface area contributed by atoms with Crippen LogP contribution in [-0.4, -0.2) is 60.0 Å². The van der Waals surface area contributed by atoms with Crippen molar-refractivity contribution < 1.29 is 38.2 Å². The molecule has 2 unspecified atom stereocenters. The van der Waals surface area contributed by atoms with Crippen molar-refractivity contribution in [2.45, 2.75) is 63.7 Å². The normalized spacial score (nSPS) is 23.0. The SMILES string of the molecule is Cc1ccc(C(=O)Oc2ccc(C3(C)CC4CC(C3)CC(C)(c3ccc(OC(=O)c5ccc6c(c5)C(=O)N(C)C6=O)cc3)C4)cc2)cc1C(=O)N(C)C=O. The molecule has 54 heavy (non-hydrogen) atoms. The van der Waals surface area contributed by atoms with Gasteiger partial charge in [-0.1, -0.05) is 44.2 Å². The van der Waals surface area contributed by atoms with E-state index in [0.717, 1.165) is 35.5 Å². The maximum absolute atomic E-state index is 13.0. The monoisotopic (exact) mass is 726 g/mol. The molecule has 4 aromatic rings. The van der Waals surface area contributed by atoms with E-state index in [2.05, 4.69) is 13.8 Å². The first kappa shape index (κ1) is 36.5. The van der Waals surface area contributed by atoms with Gasteiger partial charge in [0, 0.05) is 19.7 Å². The summed E-state index contributed by atoms with van der Waals surface area (Å²) in [6, 6.07) is 24.6. The van der Waals surface area contributed by atoms with E-state index < -0.39 is 23.8 Å². The average molecular weight is 727 g/mol. The topological polar surface area (TPSA) is 127 Å². The number of hydrogen-bond donors (Lipinski definition) is 0. The molecular formula is C44H42N2O8. The molecule has 2 aliphatic carbocycles. The van der Waals surface area contributed by atoms with Crippen molar-refractivity contribution in [3.05, 3.63) is 129 Å². The molecule has 7 rings (SSSR count). The van der Waals surface area contributed by atoms with Gasteiger partial charge in [0.1, 0.15) is 11.5 Å². The van der Waals surface area contributed by atoms with Gasteiger partial charge >= 0.3 is 11.9 Å². The fourth-order valence-corrected chi connectivity index (χ4v) is 9.02. The molecule has 10 heteroatoms. The number of fused-ring (bicyclic) bond motifs is 3.